The number of nitrogens with one attached hydrogen (secondary N) is 2. The van der Waals surface area contributed by atoms with E-state index >= 15 is 0 Å². The maximum Gasteiger partial charge on any atom is 0.255 e. The van der Waals surface area contributed by atoms with E-state index in [0.717, 1.165) is 18.7 Å². The molecule has 6 nitrogen and oxygen atoms in total. The molecule has 124 valence electrons. The number of carbonyl (C=O) groups is 1. The lowest BCUT2D eigenvalue weighted by Crippen LogP contribution is -2.48. The Morgan fingerprint density at radius 1 is 1.43 bits per heavy atom. The Morgan fingerprint density at radius 2 is 2.17 bits per heavy atom. The van der Waals surface area contributed by atoms with Gasteiger partial charge in [0, 0.05) is 44.4 Å². The quantitative estimate of drug-likeness (QED) is 0.867. The molecule has 1 aromatic carbocycles. The van der Waals surface area contributed by atoms with Gasteiger partial charge in [0.1, 0.15) is 11.4 Å². The van der Waals surface area contributed by atoms with Crippen LogP contribution in [-0.2, 0) is 7.05 Å². The van der Waals surface area contributed by atoms with Crippen LogP contribution in [0.2, 0.25) is 0 Å². The minimum atomic E-state index is -0.0964. The van der Waals surface area contributed by atoms with Crippen LogP contribution in [0.5, 0.6) is 5.75 Å². The van der Waals surface area contributed by atoms with Crippen LogP contribution in [0.15, 0.2) is 30.5 Å². The van der Waals surface area contributed by atoms with Crippen molar-refractivity contribution < 1.29 is 9.53 Å². The highest BCUT2D eigenvalue weighted by Gasteiger charge is 2.22. The van der Waals surface area contributed by atoms with Crippen molar-refractivity contribution in [1.82, 2.24) is 20.4 Å². The molecule has 0 spiro atoms. The highest BCUT2D eigenvalue weighted by Crippen LogP contribution is 2.30. The number of carbonyl (C=O) groups excluding carboxylic acids is 1. The number of para-hydroxylation sites is 1. The van der Waals surface area contributed by atoms with Gasteiger partial charge in [-0.3, -0.25) is 9.48 Å². The molecule has 1 amide bonds. The standard InChI is InChI=1S/C16H20N4O2.ClH/c1-20-10-13(16(21)18-9-11-7-17-8-11)15(19-20)12-5-3-4-6-14(12)22-2;/h3-6,10-11,17H,7-9H2,1-2H3,(H,18,21);1H. The van der Waals surface area contributed by atoms with Gasteiger partial charge in [0.15, 0.2) is 0 Å². The smallest absolute Gasteiger partial charge is 0.255 e. The number of hydrogen-bond donors (Lipinski definition) is 2. The molecule has 3 rings (SSSR count). The van der Waals surface area contributed by atoms with Gasteiger partial charge in [-0.2, -0.15) is 5.10 Å². The topological polar surface area (TPSA) is 68.2 Å². The van der Waals surface area contributed by atoms with Crippen LogP contribution in [0.1, 0.15) is 10.4 Å². The van der Waals surface area contributed by atoms with E-state index < -0.39 is 0 Å². The van der Waals surface area contributed by atoms with Crippen molar-refractivity contribution in [2.45, 2.75) is 0 Å². The molecule has 7 heteroatoms. The lowest BCUT2D eigenvalue weighted by Gasteiger charge is -2.27. The van der Waals surface area contributed by atoms with E-state index in [9.17, 15) is 4.79 Å². The number of halogens is 1. The van der Waals surface area contributed by atoms with Gasteiger partial charge in [0.25, 0.3) is 5.91 Å². The molecule has 23 heavy (non-hydrogen) atoms. The predicted molar refractivity (Wildman–Crippen MR) is 91.1 cm³/mol. The van der Waals surface area contributed by atoms with E-state index in [4.69, 9.17) is 4.74 Å². The molecule has 0 aliphatic carbocycles. The predicted octanol–water partition coefficient (Wildman–Crippen LogP) is 1.47. The number of rotatable bonds is 5. The summed E-state index contributed by atoms with van der Waals surface area (Å²) in [4.78, 5) is 12.5. The van der Waals surface area contributed by atoms with Crippen molar-refractivity contribution in [3.05, 3.63) is 36.0 Å². The lowest BCUT2D eigenvalue weighted by atomic mass is 10.0. The summed E-state index contributed by atoms with van der Waals surface area (Å²) in [7, 11) is 3.43. The second-order valence-electron chi connectivity index (χ2n) is 5.50. The Balaban J connectivity index is 0.00000192. The Kier molecular flexibility index (Phi) is 5.63. The molecule has 1 aromatic heterocycles. The highest BCUT2D eigenvalue weighted by atomic mass is 35.5. The van der Waals surface area contributed by atoms with Gasteiger partial charge in [-0.25, -0.2) is 0 Å². The van der Waals surface area contributed by atoms with Gasteiger partial charge in [-0.05, 0) is 12.1 Å². The third-order valence-electron chi connectivity index (χ3n) is 3.85. The Hall–Kier alpha value is -2.05. The van der Waals surface area contributed by atoms with Gasteiger partial charge in [-0.1, -0.05) is 12.1 Å². The van der Waals surface area contributed by atoms with Gasteiger partial charge >= 0.3 is 0 Å². The van der Waals surface area contributed by atoms with Crippen LogP contribution in [0.4, 0.5) is 0 Å². The summed E-state index contributed by atoms with van der Waals surface area (Å²) in [5, 5.41) is 10.6. The second kappa shape index (κ2) is 7.48. The molecular formula is C16H21ClN4O2. The van der Waals surface area contributed by atoms with Crippen molar-refractivity contribution in [3.63, 3.8) is 0 Å². The number of benzene rings is 1. The van der Waals surface area contributed by atoms with Crippen LogP contribution < -0.4 is 15.4 Å². The summed E-state index contributed by atoms with van der Waals surface area (Å²) in [5.41, 5.74) is 2.03. The van der Waals surface area contributed by atoms with Crippen LogP contribution in [0.25, 0.3) is 11.3 Å². The minimum Gasteiger partial charge on any atom is -0.496 e. The third-order valence-corrected chi connectivity index (χ3v) is 3.85. The first-order valence-corrected chi connectivity index (χ1v) is 7.35. The zero-order valence-corrected chi connectivity index (χ0v) is 14.0. The first-order valence-electron chi connectivity index (χ1n) is 7.35. The number of amides is 1. The molecule has 2 N–H and O–H groups in total. The number of nitrogens with zero attached hydrogens (tertiary/aromatic N) is 2. The van der Waals surface area contributed by atoms with Crippen molar-refractivity contribution in [1.29, 1.82) is 0 Å². The SMILES string of the molecule is COc1ccccc1-c1nn(C)cc1C(=O)NCC1CNC1.Cl. The molecule has 1 aliphatic heterocycles. The average Bonchev–Trinajstić information content (AvgIpc) is 2.87. The number of aryl methyl sites for hydroxylation is 1. The molecule has 1 aliphatic rings. The molecule has 0 radical (unpaired) electrons. The van der Waals surface area contributed by atoms with E-state index in [0.29, 0.717) is 29.5 Å². The summed E-state index contributed by atoms with van der Waals surface area (Å²) in [6.07, 6.45) is 1.75. The molecule has 0 unspecified atom stereocenters. The van der Waals surface area contributed by atoms with Gasteiger partial charge in [0.05, 0.1) is 12.7 Å². The van der Waals surface area contributed by atoms with Crippen molar-refractivity contribution >= 4 is 18.3 Å². The Labute approximate surface area is 141 Å². The molecule has 0 bridgehead atoms. The average molecular weight is 337 g/mol. The molecular weight excluding hydrogens is 316 g/mol. The van der Waals surface area contributed by atoms with Crippen molar-refractivity contribution in [2.24, 2.45) is 13.0 Å². The van der Waals surface area contributed by atoms with E-state index in [1.54, 1.807) is 18.0 Å². The Morgan fingerprint density at radius 3 is 2.83 bits per heavy atom. The van der Waals surface area contributed by atoms with Crippen LogP contribution in [-0.4, -0.2) is 42.4 Å². The maximum atomic E-state index is 12.5. The molecule has 1 fully saturated rings. The summed E-state index contributed by atoms with van der Waals surface area (Å²) in [6.45, 7) is 2.62. The first kappa shape index (κ1) is 17.3. The molecule has 0 saturated carbocycles. The maximum absolute atomic E-state index is 12.5. The Bertz CT molecular complexity index is 682. The largest absolute Gasteiger partial charge is 0.496 e. The summed E-state index contributed by atoms with van der Waals surface area (Å²) in [5.74, 6) is 1.13. The summed E-state index contributed by atoms with van der Waals surface area (Å²) in [6, 6.07) is 7.59. The monoisotopic (exact) mass is 336 g/mol. The van der Waals surface area contributed by atoms with Crippen molar-refractivity contribution in [2.75, 3.05) is 26.7 Å². The zero-order chi connectivity index (χ0) is 15.5. The molecule has 2 heterocycles. The molecule has 1 saturated heterocycles. The van der Waals surface area contributed by atoms with Crippen molar-refractivity contribution in [3.8, 4) is 17.0 Å². The third kappa shape index (κ3) is 3.65. The van der Waals surface area contributed by atoms with Crippen LogP contribution >= 0.6 is 12.4 Å². The minimum absolute atomic E-state index is 0. The molecule has 0 atom stereocenters. The van der Waals surface area contributed by atoms with E-state index in [2.05, 4.69) is 15.7 Å². The van der Waals surface area contributed by atoms with Gasteiger partial charge in [-0.15, -0.1) is 12.4 Å². The molecule has 2 aromatic rings. The summed E-state index contributed by atoms with van der Waals surface area (Å²) < 4.78 is 7.03. The van der Waals surface area contributed by atoms with Crippen LogP contribution in [0, 0.1) is 5.92 Å². The number of hydrogen-bond acceptors (Lipinski definition) is 4. The second-order valence-corrected chi connectivity index (χ2v) is 5.50. The number of methoxy groups -OCH3 is 1. The first-order chi connectivity index (χ1) is 10.7. The fraction of sp³-hybridized carbons (Fsp3) is 0.375. The number of ether oxygens (including phenoxy) is 1. The summed E-state index contributed by atoms with van der Waals surface area (Å²) >= 11 is 0. The fourth-order valence-electron chi connectivity index (χ4n) is 2.52. The van der Waals surface area contributed by atoms with E-state index in [1.165, 1.54) is 0 Å². The van der Waals surface area contributed by atoms with Gasteiger partial charge < -0.3 is 15.4 Å². The normalized spacial score (nSPS) is 13.8. The lowest BCUT2D eigenvalue weighted by molar-refractivity contribution is 0.0943. The van der Waals surface area contributed by atoms with Crippen LogP contribution in [0.3, 0.4) is 0 Å². The zero-order valence-electron chi connectivity index (χ0n) is 13.2. The highest BCUT2D eigenvalue weighted by molar-refractivity contribution is 6.00. The van der Waals surface area contributed by atoms with E-state index in [1.807, 2.05) is 31.3 Å². The van der Waals surface area contributed by atoms with Gasteiger partial charge in [0.2, 0.25) is 0 Å². The van der Waals surface area contributed by atoms with E-state index in [-0.39, 0.29) is 18.3 Å². The fourth-order valence-corrected chi connectivity index (χ4v) is 2.52. The number of aromatic nitrogens is 2.